The zero-order valence-electron chi connectivity index (χ0n) is 20.8. The van der Waals surface area contributed by atoms with Crippen LogP contribution < -0.4 is 26.7 Å². The number of nitrogens with one attached hydrogen (secondary N) is 1. The molecule has 1 aromatic carbocycles. The molecule has 0 unspecified atom stereocenters. The van der Waals surface area contributed by atoms with Crippen molar-refractivity contribution in [2.45, 2.75) is 43.6 Å². The normalized spacial score (nSPS) is 12.2. The second-order valence-corrected chi connectivity index (χ2v) is 9.22. The van der Waals surface area contributed by atoms with Crippen molar-refractivity contribution in [3.8, 4) is 11.5 Å². The Morgan fingerprint density at radius 2 is 1.97 bits per heavy atom. The van der Waals surface area contributed by atoms with Gasteiger partial charge in [0.1, 0.15) is 17.5 Å². The number of benzene rings is 1. The third-order valence-electron chi connectivity index (χ3n) is 5.19. The number of aromatic amines is 1. The second-order valence-electron chi connectivity index (χ2n) is 7.85. The lowest BCUT2D eigenvalue weighted by atomic mass is 10.1. The molecule has 0 bridgehead atoms. The maximum absolute atomic E-state index is 12.7. The van der Waals surface area contributed by atoms with Crippen LogP contribution in [-0.4, -0.2) is 63.0 Å². The Bertz CT molecular complexity index is 1240. The zero-order valence-corrected chi connectivity index (χ0v) is 21.6. The number of imidazole rings is 1. The van der Waals surface area contributed by atoms with Crippen LogP contribution in [0.2, 0.25) is 0 Å². The zero-order chi connectivity index (χ0) is 26.8. The van der Waals surface area contributed by atoms with E-state index in [4.69, 9.17) is 31.8 Å². The number of pyridine rings is 1. The summed E-state index contributed by atoms with van der Waals surface area (Å²) in [5.41, 5.74) is 19.5. The second kappa shape index (κ2) is 13.4. The lowest BCUT2D eigenvalue weighted by Gasteiger charge is -2.11. The van der Waals surface area contributed by atoms with E-state index in [1.165, 1.54) is 0 Å². The quantitative estimate of drug-likeness (QED) is 0.148. The molecule has 13 heteroatoms. The summed E-state index contributed by atoms with van der Waals surface area (Å²) in [4.78, 5) is 25.8. The Labute approximate surface area is 211 Å². The number of carboxylic acids is 1. The number of nitrogens with two attached hydrogens (primary N) is 3. The predicted octanol–water partition coefficient (Wildman–Crippen LogP) is 1.35. The SMILES string of the molecule is COc1ccc2nc([S@@](=O)Cc3ncc(C)c(OC)c3C)[nH]c2c1.NC(N)=NCCC[C@H](N)C(=O)O. The van der Waals surface area contributed by atoms with Gasteiger partial charge in [0.15, 0.2) is 11.1 Å². The Kier molecular flexibility index (Phi) is 10.6. The molecular weight excluding hydrogens is 486 g/mol. The molecule has 196 valence electrons. The molecule has 0 aliphatic carbocycles. The van der Waals surface area contributed by atoms with Crippen LogP contribution in [0.3, 0.4) is 0 Å². The highest BCUT2D eigenvalue weighted by Gasteiger charge is 2.16. The summed E-state index contributed by atoms with van der Waals surface area (Å²) in [6, 6.07) is 4.68. The van der Waals surface area contributed by atoms with E-state index in [2.05, 4.69) is 19.9 Å². The standard InChI is InChI=1S/C17H19N3O3S.C6H14N4O2/c1-10-8-18-15(11(2)16(10)23-4)9-24(21)17-19-13-6-5-12(22-3)7-14(13)20-17;7-4(5(11)12)2-1-3-10-6(8)9/h5-8H,9H2,1-4H3,(H,19,20);4H,1-3,7H2,(H,11,12)(H4,8,9,10)/t24-;4-/m00/s1. The monoisotopic (exact) mass is 519 g/mol. The van der Waals surface area contributed by atoms with E-state index < -0.39 is 22.8 Å². The van der Waals surface area contributed by atoms with Crippen molar-refractivity contribution in [3.63, 3.8) is 0 Å². The first kappa shape index (κ1) is 28.5. The summed E-state index contributed by atoms with van der Waals surface area (Å²) in [6.45, 7) is 4.28. The molecule has 2 atom stereocenters. The number of guanidine groups is 1. The lowest BCUT2D eigenvalue weighted by Crippen LogP contribution is -2.30. The van der Waals surface area contributed by atoms with Gasteiger partial charge in [-0.25, -0.2) is 4.98 Å². The third kappa shape index (κ3) is 7.92. The molecule has 0 fully saturated rings. The Morgan fingerprint density at radius 3 is 2.58 bits per heavy atom. The van der Waals surface area contributed by atoms with E-state index in [1.807, 2.05) is 32.0 Å². The number of carbonyl (C=O) groups is 1. The van der Waals surface area contributed by atoms with Gasteiger partial charge in [-0.05, 0) is 38.8 Å². The van der Waals surface area contributed by atoms with Crippen molar-refractivity contribution in [3.05, 3.63) is 41.2 Å². The number of methoxy groups -OCH3 is 2. The average Bonchev–Trinajstić information content (AvgIpc) is 3.27. The smallest absolute Gasteiger partial charge is 0.320 e. The number of ether oxygens (including phenoxy) is 2. The van der Waals surface area contributed by atoms with Gasteiger partial charge >= 0.3 is 5.97 Å². The first-order valence-corrected chi connectivity index (χ1v) is 12.3. The van der Waals surface area contributed by atoms with E-state index in [9.17, 15) is 9.00 Å². The highest BCUT2D eigenvalue weighted by molar-refractivity contribution is 7.84. The maximum Gasteiger partial charge on any atom is 0.320 e. The molecule has 3 aromatic rings. The highest BCUT2D eigenvalue weighted by atomic mass is 32.2. The van der Waals surface area contributed by atoms with Crippen LogP contribution in [-0.2, 0) is 21.3 Å². The molecule has 36 heavy (non-hydrogen) atoms. The summed E-state index contributed by atoms with van der Waals surface area (Å²) in [6.07, 6.45) is 2.69. The summed E-state index contributed by atoms with van der Waals surface area (Å²) in [5, 5.41) is 8.81. The van der Waals surface area contributed by atoms with Crippen LogP contribution in [0, 0.1) is 13.8 Å². The van der Waals surface area contributed by atoms with Gasteiger partial charge in [0.2, 0.25) is 0 Å². The van der Waals surface area contributed by atoms with Crippen LogP contribution in [0.1, 0.15) is 29.7 Å². The van der Waals surface area contributed by atoms with E-state index >= 15 is 0 Å². The van der Waals surface area contributed by atoms with Crippen LogP contribution in [0.4, 0.5) is 0 Å². The van der Waals surface area contributed by atoms with Gasteiger partial charge < -0.3 is 36.8 Å². The van der Waals surface area contributed by atoms with E-state index in [-0.39, 0.29) is 11.7 Å². The number of aliphatic imine (C=N–C) groups is 1. The van der Waals surface area contributed by atoms with Gasteiger partial charge in [-0.1, -0.05) is 0 Å². The number of nitrogens with zero attached hydrogens (tertiary/aromatic N) is 3. The molecular formula is C23H33N7O5S. The van der Waals surface area contributed by atoms with Crippen molar-refractivity contribution in [1.82, 2.24) is 15.0 Å². The van der Waals surface area contributed by atoms with Crippen molar-refractivity contribution in [2.75, 3.05) is 20.8 Å². The molecule has 0 amide bonds. The van der Waals surface area contributed by atoms with Crippen LogP contribution in [0.5, 0.6) is 11.5 Å². The van der Waals surface area contributed by atoms with Gasteiger partial charge in [-0.3, -0.25) is 19.0 Å². The largest absolute Gasteiger partial charge is 0.497 e. The molecule has 0 spiro atoms. The van der Waals surface area contributed by atoms with Crippen molar-refractivity contribution in [2.24, 2.45) is 22.2 Å². The molecule has 8 N–H and O–H groups in total. The van der Waals surface area contributed by atoms with Gasteiger partial charge in [-0.15, -0.1) is 0 Å². The van der Waals surface area contributed by atoms with E-state index in [1.54, 1.807) is 20.4 Å². The topological polar surface area (TPSA) is 205 Å². The number of hydrogen-bond acceptors (Lipinski definition) is 8. The number of aromatic nitrogens is 3. The summed E-state index contributed by atoms with van der Waals surface area (Å²) >= 11 is 0. The minimum Gasteiger partial charge on any atom is -0.497 e. The van der Waals surface area contributed by atoms with Crippen molar-refractivity contribution < 1.29 is 23.6 Å². The fourth-order valence-electron chi connectivity index (χ4n) is 3.25. The van der Waals surface area contributed by atoms with E-state index in [0.717, 1.165) is 39.4 Å². The van der Waals surface area contributed by atoms with Gasteiger partial charge in [0, 0.05) is 29.9 Å². The summed E-state index contributed by atoms with van der Waals surface area (Å²) < 4.78 is 23.3. The number of carboxylic acid groups (broad SMARTS) is 1. The third-order valence-corrected chi connectivity index (χ3v) is 6.35. The number of H-pyrrole nitrogens is 1. The first-order chi connectivity index (χ1) is 17.1. The Balaban J connectivity index is 0.000000324. The molecule has 0 aliphatic rings. The molecule has 0 saturated heterocycles. The molecule has 3 rings (SSSR count). The summed E-state index contributed by atoms with van der Waals surface area (Å²) in [5.74, 6) is 0.800. The van der Waals surface area contributed by atoms with Crippen molar-refractivity contribution in [1.29, 1.82) is 0 Å². The number of rotatable bonds is 10. The molecule has 0 radical (unpaired) electrons. The maximum atomic E-state index is 12.7. The minimum atomic E-state index is -1.33. The summed E-state index contributed by atoms with van der Waals surface area (Å²) in [7, 11) is 1.91. The average molecular weight is 520 g/mol. The highest BCUT2D eigenvalue weighted by Crippen LogP contribution is 2.26. The molecule has 0 aliphatic heterocycles. The Morgan fingerprint density at radius 1 is 1.25 bits per heavy atom. The number of aryl methyl sites for hydroxylation is 1. The van der Waals surface area contributed by atoms with Crippen LogP contribution in [0.25, 0.3) is 11.0 Å². The first-order valence-electron chi connectivity index (χ1n) is 11.0. The van der Waals surface area contributed by atoms with Gasteiger partial charge in [0.25, 0.3) is 0 Å². The predicted molar refractivity (Wildman–Crippen MR) is 139 cm³/mol. The van der Waals surface area contributed by atoms with Crippen molar-refractivity contribution >= 4 is 33.8 Å². The van der Waals surface area contributed by atoms with Crippen LogP contribution in [0.15, 0.2) is 34.5 Å². The molecule has 12 nitrogen and oxygen atoms in total. The van der Waals surface area contributed by atoms with Gasteiger partial charge in [0.05, 0.1) is 47.5 Å². The minimum absolute atomic E-state index is 0.0129. The van der Waals surface area contributed by atoms with Gasteiger partial charge in [-0.2, -0.15) is 0 Å². The lowest BCUT2D eigenvalue weighted by molar-refractivity contribution is -0.138. The number of aliphatic carboxylic acids is 1. The fourth-order valence-corrected chi connectivity index (χ4v) is 4.35. The van der Waals surface area contributed by atoms with E-state index in [0.29, 0.717) is 24.5 Å². The molecule has 2 aromatic heterocycles. The molecule has 0 saturated carbocycles. The fraction of sp³-hybridized carbons (Fsp3) is 0.391. The Hall–Kier alpha value is -3.71. The number of fused-ring (bicyclic) bond motifs is 1. The molecule has 2 heterocycles. The number of hydrogen-bond donors (Lipinski definition) is 5. The van der Waals surface area contributed by atoms with Crippen LogP contribution >= 0.6 is 0 Å².